The minimum absolute atomic E-state index is 0.108. The minimum atomic E-state index is 0.108. The van der Waals surface area contributed by atoms with E-state index in [9.17, 15) is 9.59 Å². The fourth-order valence-electron chi connectivity index (χ4n) is 8.49. The van der Waals surface area contributed by atoms with Crippen LogP contribution in [-0.4, -0.2) is 48.4 Å². The van der Waals surface area contributed by atoms with Crippen LogP contribution >= 0.6 is 0 Å². The molecule has 1 heterocycles. The van der Waals surface area contributed by atoms with Crippen molar-refractivity contribution in [2.24, 2.45) is 0 Å². The quantitative estimate of drug-likeness (QED) is 0.103. The number of rotatable bonds is 11. The number of fused-ring (bicyclic) bond motifs is 1. The molecule has 0 N–H and O–H groups in total. The van der Waals surface area contributed by atoms with Gasteiger partial charge in [-0.15, -0.1) is 0 Å². The van der Waals surface area contributed by atoms with Crippen LogP contribution in [0.5, 0.6) is 0 Å². The average Bonchev–Trinajstić information content (AvgIpc) is 3.19. The van der Waals surface area contributed by atoms with Gasteiger partial charge in [-0.2, -0.15) is 0 Å². The molecule has 1 saturated heterocycles. The Balaban J connectivity index is 1.13. The number of amides is 1. The van der Waals surface area contributed by atoms with Crippen molar-refractivity contribution in [1.82, 2.24) is 0 Å². The van der Waals surface area contributed by atoms with Gasteiger partial charge in [-0.25, -0.2) is 0 Å². The van der Waals surface area contributed by atoms with Gasteiger partial charge in [-0.3, -0.25) is 9.59 Å². The highest BCUT2D eigenvalue weighted by Gasteiger charge is 2.38. The van der Waals surface area contributed by atoms with E-state index >= 15 is 0 Å². The highest BCUT2D eigenvalue weighted by atomic mass is 16.2. The Hall–Kier alpha value is -5.32. The Bertz CT molecular complexity index is 1970. The number of hydrogen-bond donors (Lipinski definition) is 0. The van der Waals surface area contributed by atoms with Gasteiger partial charge in [0.25, 0.3) is 0 Å². The van der Waals surface area contributed by atoms with Gasteiger partial charge in [0, 0.05) is 56.3 Å². The zero-order chi connectivity index (χ0) is 35.8. The number of nitrogens with zero attached hydrogens (tertiary/aromatic N) is 2. The molecule has 5 aromatic rings. The zero-order valence-electron chi connectivity index (χ0n) is 30.2. The molecule has 1 aliphatic carbocycles. The normalized spacial score (nSPS) is 20.6. The van der Waals surface area contributed by atoms with Crippen molar-refractivity contribution in [2.75, 3.05) is 31.1 Å². The van der Waals surface area contributed by atoms with Crippen LogP contribution in [0, 0.1) is 0 Å². The minimum Gasteiger partial charge on any atom is -0.323 e. The maximum absolute atomic E-state index is 14.1. The summed E-state index contributed by atoms with van der Waals surface area (Å²) in [7, 11) is 0. The molecule has 0 aromatic heterocycles. The number of likely N-dealkylation sites (tertiary alicyclic amines) is 1. The third kappa shape index (κ3) is 8.09. The molecule has 1 fully saturated rings. The summed E-state index contributed by atoms with van der Waals surface area (Å²) in [4.78, 5) is 29.0. The number of carbonyl (C=O) groups is 2. The highest BCUT2D eigenvalue weighted by molar-refractivity contribution is 6.23. The van der Waals surface area contributed by atoms with Gasteiger partial charge in [0.1, 0.15) is 0 Å². The first-order valence-corrected chi connectivity index (χ1v) is 18.9. The van der Waals surface area contributed by atoms with Crippen molar-refractivity contribution in [3.05, 3.63) is 186 Å². The van der Waals surface area contributed by atoms with Crippen LogP contribution in [0.2, 0.25) is 0 Å². The first-order valence-electron chi connectivity index (χ1n) is 18.9. The molecule has 2 aliphatic rings. The van der Waals surface area contributed by atoms with E-state index in [0.717, 1.165) is 89.9 Å². The molecule has 1 aliphatic heterocycles. The number of para-hydroxylation sites is 1. The number of quaternary nitrogens is 1. The summed E-state index contributed by atoms with van der Waals surface area (Å²) >= 11 is 0. The lowest BCUT2D eigenvalue weighted by atomic mass is 9.77. The fourth-order valence-corrected chi connectivity index (χ4v) is 8.49. The second-order valence-electron chi connectivity index (χ2n) is 14.5. The van der Waals surface area contributed by atoms with Crippen LogP contribution in [0.25, 0.3) is 11.1 Å². The van der Waals surface area contributed by atoms with E-state index in [4.69, 9.17) is 0 Å². The topological polar surface area (TPSA) is 37.4 Å². The zero-order valence-corrected chi connectivity index (χ0v) is 30.2. The molecule has 1 atom stereocenters. The Morgan fingerprint density at radius 2 is 1.27 bits per heavy atom. The van der Waals surface area contributed by atoms with E-state index < -0.39 is 0 Å². The van der Waals surface area contributed by atoms with E-state index in [2.05, 4.69) is 115 Å². The molecular weight excluding hydrogens is 637 g/mol. The Labute approximate surface area is 309 Å². The third-order valence-corrected chi connectivity index (χ3v) is 11.3. The number of ketones is 1. The molecule has 0 radical (unpaired) electrons. The van der Waals surface area contributed by atoms with Gasteiger partial charge < -0.3 is 9.38 Å². The van der Waals surface area contributed by atoms with Crippen molar-refractivity contribution in [1.29, 1.82) is 0 Å². The SMILES string of the molecule is CC(=O)N(c1ccccc1)C1CC[N+](CCc2ccccc2)(CCC2CC(=O)/C(=C\C=C(c3ccccc3)c3ccccc3)c3ccccc32)CC1. The summed E-state index contributed by atoms with van der Waals surface area (Å²) in [5.74, 6) is 0.501. The number of Topliss-reactive ketones (excluding diaryl/α,β-unsaturated/α-hetero) is 1. The first-order chi connectivity index (χ1) is 25.5. The van der Waals surface area contributed by atoms with Crippen molar-refractivity contribution in [2.45, 2.75) is 51.0 Å². The van der Waals surface area contributed by atoms with Crippen LogP contribution in [0.1, 0.15) is 66.3 Å². The van der Waals surface area contributed by atoms with Crippen LogP contribution in [0.3, 0.4) is 0 Å². The molecule has 1 unspecified atom stereocenters. The number of anilines is 1. The molecule has 5 aromatic carbocycles. The van der Waals surface area contributed by atoms with Crippen molar-refractivity contribution in [3.63, 3.8) is 0 Å². The maximum Gasteiger partial charge on any atom is 0.224 e. The summed E-state index contributed by atoms with van der Waals surface area (Å²) in [6.45, 7) is 5.81. The van der Waals surface area contributed by atoms with E-state index in [1.54, 1.807) is 6.92 Å². The Kier molecular flexibility index (Phi) is 11.0. The number of hydrogen-bond acceptors (Lipinski definition) is 2. The van der Waals surface area contributed by atoms with E-state index in [1.807, 2.05) is 47.4 Å². The summed E-state index contributed by atoms with van der Waals surface area (Å²) in [5.41, 5.74) is 8.86. The monoisotopic (exact) mass is 685 g/mol. The Morgan fingerprint density at radius 1 is 0.712 bits per heavy atom. The van der Waals surface area contributed by atoms with Gasteiger partial charge in [0.15, 0.2) is 5.78 Å². The predicted molar refractivity (Wildman–Crippen MR) is 214 cm³/mol. The summed E-state index contributed by atoms with van der Waals surface area (Å²) in [6, 6.07) is 50.5. The highest BCUT2D eigenvalue weighted by Crippen LogP contribution is 2.40. The Morgan fingerprint density at radius 3 is 1.88 bits per heavy atom. The number of benzene rings is 5. The molecule has 0 spiro atoms. The molecule has 7 rings (SSSR count). The molecular formula is C48H49N2O2+. The van der Waals surface area contributed by atoms with Gasteiger partial charge in [0.05, 0.1) is 26.2 Å². The van der Waals surface area contributed by atoms with E-state index in [-0.39, 0.29) is 23.7 Å². The van der Waals surface area contributed by atoms with Gasteiger partial charge >= 0.3 is 0 Å². The van der Waals surface area contributed by atoms with E-state index in [1.165, 1.54) is 11.1 Å². The largest absolute Gasteiger partial charge is 0.323 e. The van der Waals surface area contributed by atoms with Crippen molar-refractivity contribution >= 4 is 28.5 Å². The number of allylic oxidation sites excluding steroid dienone is 3. The lowest BCUT2D eigenvalue weighted by molar-refractivity contribution is -0.932. The predicted octanol–water partition coefficient (Wildman–Crippen LogP) is 9.92. The lowest BCUT2D eigenvalue weighted by Gasteiger charge is -2.47. The van der Waals surface area contributed by atoms with Gasteiger partial charge in [-0.05, 0) is 51.4 Å². The van der Waals surface area contributed by atoms with Crippen LogP contribution < -0.4 is 4.90 Å². The standard InChI is InChI=1S/C48H49N2O2/c1-37(51)49(42-22-12-5-13-23-42)43-30-34-50(35-31-43,32-28-38-16-6-2-7-17-38)33-29-41-36-48(52)47(46-25-15-14-24-45(41)46)27-26-44(39-18-8-3-9-19-39)40-20-10-4-11-21-40/h2-27,41,43H,28-36H2,1H3/q+1/b47-27-. The van der Waals surface area contributed by atoms with Gasteiger partial charge in [-0.1, -0.05) is 146 Å². The molecule has 0 saturated carbocycles. The molecule has 1 amide bonds. The molecule has 4 nitrogen and oxygen atoms in total. The second-order valence-corrected chi connectivity index (χ2v) is 14.5. The van der Waals surface area contributed by atoms with Crippen molar-refractivity contribution in [3.8, 4) is 0 Å². The third-order valence-electron chi connectivity index (χ3n) is 11.3. The molecule has 52 heavy (non-hydrogen) atoms. The number of carbonyl (C=O) groups excluding carboxylic acids is 2. The fraction of sp³-hybridized carbons (Fsp3) is 0.250. The summed E-state index contributed by atoms with van der Waals surface area (Å²) in [6.07, 6.45) is 8.62. The first kappa shape index (κ1) is 35.1. The van der Waals surface area contributed by atoms with Crippen LogP contribution in [0.15, 0.2) is 158 Å². The van der Waals surface area contributed by atoms with Crippen molar-refractivity contribution < 1.29 is 14.1 Å². The van der Waals surface area contributed by atoms with E-state index in [0.29, 0.717) is 6.42 Å². The van der Waals surface area contributed by atoms with Crippen LogP contribution in [-0.2, 0) is 16.0 Å². The summed E-state index contributed by atoms with van der Waals surface area (Å²) in [5, 5.41) is 0. The number of piperidine rings is 1. The average molecular weight is 686 g/mol. The lowest BCUT2D eigenvalue weighted by Crippen LogP contribution is -2.58. The maximum atomic E-state index is 14.1. The van der Waals surface area contributed by atoms with Crippen LogP contribution in [0.4, 0.5) is 5.69 Å². The smallest absolute Gasteiger partial charge is 0.224 e. The summed E-state index contributed by atoms with van der Waals surface area (Å²) < 4.78 is 1.02. The molecule has 4 heteroatoms. The van der Waals surface area contributed by atoms with Gasteiger partial charge in [0.2, 0.25) is 5.91 Å². The second kappa shape index (κ2) is 16.4. The molecule has 262 valence electrons. The molecule has 0 bridgehead atoms.